The van der Waals surface area contributed by atoms with Crippen LogP contribution in [0.2, 0.25) is 0 Å². The van der Waals surface area contributed by atoms with Crippen molar-refractivity contribution in [2.75, 3.05) is 7.11 Å². The number of ether oxygens (including phenoxy) is 2. The number of rotatable bonds is 6. The van der Waals surface area contributed by atoms with Gasteiger partial charge in [-0.25, -0.2) is 0 Å². The number of nitro benzene ring substituents is 1. The van der Waals surface area contributed by atoms with Crippen LogP contribution in [-0.4, -0.2) is 24.3 Å². The second-order valence-electron chi connectivity index (χ2n) is 4.98. The number of nitrogens with one attached hydrogen (secondary N) is 1. The number of non-ortho nitro benzene ring substituents is 1. The average Bonchev–Trinajstić information content (AvgIpc) is 2.58. The molecule has 0 unspecified atom stereocenters. The molecule has 2 aromatic rings. The lowest BCUT2D eigenvalue weighted by Crippen LogP contribution is -2.25. The van der Waals surface area contributed by atoms with E-state index in [1.807, 2.05) is 0 Å². The highest BCUT2D eigenvalue weighted by molar-refractivity contribution is 5.97. The van der Waals surface area contributed by atoms with Crippen LogP contribution in [0.4, 0.5) is 18.9 Å². The molecule has 0 saturated heterocycles. The average molecular weight is 370 g/mol. The van der Waals surface area contributed by atoms with Crippen LogP contribution in [-0.2, 0) is 6.54 Å². The molecule has 0 radical (unpaired) electrons. The molecular weight excluding hydrogens is 357 g/mol. The van der Waals surface area contributed by atoms with E-state index in [2.05, 4.69) is 10.1 Å². The molecule has 0 saturated carbocycles. The lowest BCUT2D eigenvalue weighted by Gasteiger charge is -2.14. The number of hydrogen-bond acceptors (Lipinski definition) is 5. The fourth-order valence-electron chi connectivity index (χ4n) is 2.13. The minimum Gasteiger partial charge on any atom is -0.496 e. The molecule has 26 heavy (non-hydrogen) atoms. The van der Waals surface area contributed by atoms with Crippen LogP contribution in [0.3, 0.4) is 0 Å². The standard InChI is InChI=1S/C16H13F3N2O5/c1-25-14-7-6-11(21(23)24)8-12(14)15(22)20-9-10-4-2-3-5-13(10)26-16(17,18)19/h2-8H,9H2,1H3,(H,20,22). The number of halogens is 3. The van der Waals surface area contributed by atoms with Gasteiger partial charge in [0.15, 0.2) is 0 Å². The summed E-state index contributed by atoms with van der Waals surface area (Å²) in [6, 6.07) is 8.76. The monoisotopic (exact) mass is 370 g/mol. The summed E-state index contributed by atoms with van der Waals surface area (Å²) in [5.41, 5.74) is -0.352. The van der Waals surface area contributed by atoms with Crippen molar-refractivity contribution < 1.29 is 32.4 Å². The molecule has 0 aliphatic carbocycles. The highest BCUT2D eigenvalue weighted by Gasteiger charge is 2.32. The Morgan fingerprint density at radius 3 is 2.50 bits per heavy atom. The summed E-state index contributed by atoms with van der Waals surface area (Å²) >= 11 is 0. The van der Waals surface area contributed by atoms with E-state index >= 15 is 0 Å². The highest BCUT2D eigenvalue weighted by Crippen LogP contribution is 2.27. The van der Waals surface area contributed by atoms with E-state index in [1.165, 1.54) is 37.4 Å². The first kappa shape index (κ1) is 19.0. The molecular formula is C16H13F3N2O5. The maximum absolute atomic E-state index is 12.4. The summed E-state index contributed by atoms with van der Waals surface area (Å²) in [5, 5.41) is 13.2. The topological polar surface area (TPSA) is 90.7 Å². The largest absolute Gasteiger partial charge is 0.573 e. The number of carbonyl (C=O) groups is 1. The Balaban J connectivity index is 2.20. The van der Waals surface area contributed by atoms with E-state index in [0.717, 1.165) is 12.1 Å². The van der Waals surface area contributed by atoms with Gasteiger partial charge in [-0.1, -0.05) is 18.2 Å². The number of para-hydroxylation sites is 1. The Kier molecular flexibility index (Phi) is 5.65. The zero-order valence-corrected chi connectivity index (χ0v) is 13.4. The zero-order chi connectivity index (χ0) is 19.3. The number of nitro groups is 1. The molecule has 0 fully saturated rings. The summed E-state index contributed by atoms with van der Waals surface area (Å²) in [6.45, 7) is -0.281. The van der Waals surface area contributed by atoms with Crippen LogP contribution in [0.5, 0.6) is 11.5 Å². The summed E-state index contributed by atoms with van der Waals surface area (Å²) < 4.78 is 46.1. The number of amides is 1. The van der Waals surface area contributed by atoms with E-state index in [1.54, 1.807) is 0 Å². The van der Waals surface area contributed by atoms with Crippen molar-refractivity contribution in [2.45, 2.75) is 12.9 Å². The molecule has 138 valence electrons. The van der Waals surface area contributed by atoms with Gasteiger partial charge in [-0.15, -0.1) is 13.2 Å². The first-order valence-corrected chi connectivity index (χ1v) is 7.15. The molecule has 0 aliphatic rings. The van der Waals surface area contributed by atoms with Crippen molar-refractivity contribution in [3.05, 3.63) is 63.7 Å². The van der Waals surface area contributed by atoms with Crippen LogP contribution in [0.1, 0.15) is 15.9 Å². The van der Waals surface area contributed by atoms with Gasteiger partial charge in [0.1, 0.15) is 11.5 Å². The molecule has 0 spiro atoms. The van der Waals surface area contributed by atoms with Gasteiger partial charge in [0.2, 0.25) is 0 Å². The van der Waals surface area contributed by atoms with Crippen molar-refractivity contribution in [3.8, 4) is 11.5 Å². The van der Waals surface area contributed by atoms with E-state index in [4.69, 9.17) is 4.74 Å². The van der Waals surface area contributed by atoms with E-state index in [9.17, 15) is 28.1 Å². The van der Waals surface area contributed by atoms with Gasteiger partial charge < -0.3 is 14.8 Å². The molecule has 2 aromatic carbocycles. The molecule has 10 heteroatoms. The molecule has 7 nitrogen and oxygen atoms in total. The van der Waals surface area contributed by atoms with E-state index in [0.29, 0.717) is 0 Å². The van der Waals surface area contributed by atoms with Gasteiger partial charge in [-0.05, 0) is 12.1 Å². The SMILES string of the molecule is COc1ccc([N+](=O)[O-])cc1C(=O)NCc1ccccc1OC(F)(F)F. The van der Waals surface area contributed by atoms with Crippen LogP contribution in [0.25, 0.3) is 0 Å². The van der Waals surface area contributed by atoms with Crippen molar-refractivity contribution in [2.24, 2.45) is 0 Å². The zero-order valence-electron chi connectivity index (χ0n) is 13.4. The molecule has 0 heterocycles. The third-order valence-corrected chi connectivity index (χ3v) is 3.28. The number of nitrogens with zero attached hydrogens (tertiary/aromatic N) is 1. The van der Waals surface area contributed by atoms with Crippen LogP contribution in [0.15, 0.2) is 42.5 Å². The van der Waals surface area contributed by atoms with Crippen molar-refractivity contribution in [3.63, 3.8) is 0 Å². The lowest BCUT2D eigenvalue weighted by atomic mass is 10.1. The number of carbonyl (C=O) groups excluding carboxylic acids is 1. The minimum absolute atomic E-state index is 0.0857. The van der Waals surface area contributed by atoms with Gasteiger partial charge in [0.05, 0.1) is 17.6 Å². The predicted octanol–water partition coefficient (Wildman–Crippen LogP) is 3.43. The molecule has 1 N–H and O–H groups in total. The third-order valence-electron chi connectivity index (χ3n) is 3.28. The Morgan fingerprint density at radius 2 is 1.88 bits per heavy atom. The van der Waals surface area contributed by atoms with Crippen molar-refractivity contribution in [1.82, 2.24) is 5.32 Å². The summed E-state index contributed by atoms with van der Waals surface area (Å²) in [4.78, 5) is 22.5. The van der Waals surface area contributed by atoms with E-state index in [-0.39, 0.29) is 29.1 Å². The Hall–Kier alpha value is -3.30. The van der Waals surface area contributed by atoms with Crippen LogP contribution < -0.4 is 14.8 Å². The van der Waals surface area contributed by atoms with Gasteiger partial charge in [-0.3, -0.25) is 14.9 Å². The first-order valence-electron chi connectivity index (χ1n) is 7.15. The fraction of sp³-hybridized carbons (Fsp3) is 0.188. The van der Waals surface area contributed by atoms with Crippen molar-refractivity contribution >= 4 is 11.6 Å². The predicted molar refractivity (Wildman–Crippen MR) is 83.9 cm³/mol. The normalized spacial score (nSPS) is 10.9. The fourth-order valence-corrected chi connectivity index (χ4v) is 2.13. The highest BCUT2D eigenvalue weighted by atomic mass is 19.4. The van der Waals surface area contributed by atoms with Gasteiger partial charge in [0, 0.05) is 24.2 Å². The van der Waals surface area contributed by atoms with Crippen molar-refractivity contribution in [1.29, 1.82) is 0 Å². The molecule has 0 aromatic heterocycles. The molecule has 0 aliphatic heterocycles. The van der Waals surface area contributed by atoms with Gasteiger partial charge in [-0.2, -0.15) is 0 Å². The third kappa shape index (κ3) is 4.85. The van der Waals surface area contributed by atoms with E-state index < -0.39 is 22.9 Å². The quantitative estimate of drug-likeness (QED) is 0.621. The molecule has 1 amide bonds. The summed E-state index contributed by atoms with van der Waals surface area (Å²) in [6.07, 6.45) is -4.87. The number of alkyl halides is 3. The maximum atomic E-state index is 12.4. The number of methoxy groups -OCH3 is 1. The molecule has 0 atom stereocenters. The minimum atomic E-state index is -4.87. The van der Waals surface area contributed by atoms with Crippen LogP contribution in [0, 0.1) is 10.1 Å². The lowest BCUT2D eigenvalue weighted by molar-refractivity contribution is -0.384. The Labute approximate surface area is 145 Å². The first-order chi connectivity index (χ1) is 12.2. The Morgan fingerprint density at radius 1 is 1.19 bits per heavy atom. The van der Waals surface area contributed by atoms with Gasteiger partial charge >= 0.3 is 6.36 Å². The maximum Gasteiger partial charge on any atom is 0.573 e. The van der Waals surface area contributed by atoms with Crippen LogP contribution >= 0.6 is 0 Å². The summed E-state index contributed by atoms with van der Waals surface area (Å²) in [7, 11) is 1.28. The summed E-state index contributed by atoms with van der Waals surface area (Å²) in [5.74, 6) is -1.11. The van der Waals surface area contributed by atoms with Gasteiger partial charge in [0.25, 0.3) is 11.6 Å². The number of benzene rings is 2. The number of hydrogen-bond donors (Lipinski definition) is 1. The smallest absolute Gasteiger partial charge is 0.496 e. The Bertz CT molecular complexity index is 824. The second kappa shape index (κ2) is 7.72. The molecule has 0 bridgehead atoms. The second-order valence-corrected chi connectivity index (χ2v) is 4.98. The molecule has 2 rings (SSSR count).